The lowest BCUT2D eigenvalue weighted by atomic mass is 9.94. The molecule has 1 heterocycles. The normalized spacial score (nSPS) is 25.8. The fraction of sp³-hybridized carbons (Fsp3) is 0.455. The molecule has 2 N–H and O–H groups in total. The average molecular weight is 230 g/mol. The molecule has 1 aliphatic rings. The summed E-state index contributed by atoms with van der Waals surface area (Å²) in [5.41, 5.74) is -0.111. The third-order valence-electron chi connectivity index (χ3n) is 2.77. The molecule has 82 valence electrons. The Bertz CT molecular complexity index is 364. The van der Waals surface area contributed by atoms with Gasteiger partial charge in [-0.25, -0.2) is 4.39 Å². The number of nitrogens with one attached hydrogen (secondary N) is 1. The zero-order valence-electron chi connectivity index (χ0n) is 8.26. The van der Waals surface area contributed by atoms with E-state index in [0.717, 1.165) is 6.54 Å². The summed E-state index contributed by atoms with van der Waals surface area (Å²) >= 11 is 5.83. The minimum atomic E-state index is -0.780. The molecule has 1 aromatic carbocycles. The minimum absolute atomic E-state index is 0.123. The van der Waals surface area contributed by atoms with Gasteiger partial charge in [0.05, 0.1) is 10.6 Å². The minimum Gasteiger partial charge on any atom is -0.388 e. The van der Waals surface area contributed by atoms with Gasteiger partial charge in [-0.1, -0.05) is 23.7 Å². The Morgan fingerprint density at radius 1 is 1.53 bits per heavy atom. The van der Waals surface area contributed by atoms with E-state index in [-0.39, 0.29) is 5.02 Å². The van der Waals surface area contributed by atoms with Crippen LogP contribution in [0.3, 0.4) is 0 Å². The number of aliphatic hydroxyl groups is 1. The first-order valence-electron chi connectivity index (χ1n) is 4.97. The summed E-state index contributed by atoms with van der Waals surface area (Å²) < 4.78 is 13.1. The van der Waals surface area contributed by atoms with Crippen molar-refractivity contribution in [3.8, 4) is 0 Å². The van der Waals surface area contributed by atoms with Crippen LogP contribution >= 0.6 is 11.6 Å². The highest BCUT2D eigenvalue weighted by Gasteiger charge is 2.31. The SMILES string of the molecule is OC1(Cc2cccc(F)c2Cl)CCNC1. The summed E-state index contributed by atoms with van der Waals surface area (Å²) in [6.07, 6.45) is 1.08. The van der Waals surface area contributed by atoms with Gasteiger partial charge in [0.15, 0.2) is 0 Å². The second kappa shape index (κ2) is 4.08. The topological polar surface area (TPSA) is 32.3 Å². The molecule has 15 heavy (non-hydrogen) atoms. The largest absolute Gasteiger partial charge is 0.388 e. The predicted molar refractivity (Wildman–Crippen MR) is 57.6 cm³/mol. The standard InChI is InChI=1S/C11H13ClFNO/c12-10-8(2-1-3-9(10)13)6-11(15)4-5-14-7-11/h1-3,14-15H,4-7H2. The molecule has 0 spiro atoms. The van der Waals surface area contributed by atoms with Gasteiger partial charge in [0, 0.05) is 13.0 Å². The van der Waals surface area contributed by atoms with Crippen LogP contribution in [0.5, 0.6) is 0 Å². The van der Waals surface area contributed by atoms with Crippen LogP contribution in [0.1, 0.15) is 12.0 Å². The molecule has 0 radical (unpaired) electrons. The molecule has 1 saturated heterocycles. The lowest BCUT2D eigenvalue weighted by Crippen LogP contribution is -2.33. The van der Waals surface area contributed by atoms with E-state index in [1.165, 1.54) is 6.07 Å². The van der Waals surface area contributed by atoms with Gasteiger partial charge in [0.25, 0.3) is 0 Å². The molecule has 0 amide bonds. The summed E-state index contributed by atoms with van der Waals surface area (Å²) in [5, 5.41) is 13.3. The molecule has 1 aliphatic heterocycles. The van der Waals surface area contributed by atoms with Crippen molar-refractivity contribution in [2.24, 2.45) is 0 Å². The highest BCUT2D eigenvalue weighted by Crippen LogP contribution is 2.26. The fourth-order valence-electron chi connectivity index (χ4n) is 1.92. The number of rotatable bonds is 2. The molecular formula is C11H13ClFNO. The smallest absolute Gasteiger partial charge is 0.142 e. The second-order valence-electron chi connectivity index (χ2n) is 4.04. The molecule has 2 rings (SSSR count). The van der Waals surface area contributed by atoms with Crippen LogP contribution in [0.2, 0.25) is 5.02 Å². The van der Waals surface area contributed by atoms with Crippen molar-refractivity contribution >= 4 is 11.6 Å². The Morgan fingerprint density at radius 3 is 3.00 bits per heavy atom. The molecule has 1 fully saturated rings. The van der Waals surface area contributed by atoms with Crippen LogP contribution in [0.25, 0.3) is 0 Å². The Hall–Kier alpha value is -0.640. The Kier molecular flexibility index (Phi) is 2.96. The van der Waals surface area contributed by atoms with Gasteiger partial charge in [-0.2, -0.15) is 0 Å². The van der Waals surface area contributed by atoms with Gasteiger partial charge < -0.3 is 10.4 Å². The van der Waals surface area contributed by atoms with Crippen LogP contribution in [0.15, 0.2) is 18.2 Å². The van der Waals surface area contributed by atoms with Gasteiger partial charge in [-0.3, -0.25) is 0 Å². The van der Waals surface area contributed by atoms with Crippen LogP contribution in [-0.2, 0) is 6.42 Å². The molecular weight excluding hydrogens is 217 g/mol. The average Bonchev–Trinajstić information content (AvgIpc) is 2.60. The van der Waals surface area contributed by atoms with Crippen molar-refractivity contribution in [1.29, 1.82) is 0 Å². The molecule has 2 nitrogen and oxygen atoms in total. The van der Waals surface area contributed by atoms with Gasteiger partial charge in [-0.05, 0) is 24.6 Å². The third-order valence-corrected chi connectivity index (χ3v) is 3.20. The number of hydrogen-bond donors (Lipinski definition) is 2. The van der Waals surface area contributed by atoms with Crippen LogP contribution in [-0.4, -0.2) is 23.8 Å². The maximum Gasteiger partial charge on any atom is 0.142 e. The summed E-state index contributed by atoms with van der Waals surface area (Å²) in [5.74, 6) is -0.427. The van der Waals surface area contributed by atoms with E-state index in [4.69, 9.17) is 11.6 Å². The van der Waals surface area contributed by atoms with Crippen molar-refractivity contribution in [3.05, 3.63) is 34.6 Å². The zero-order chi connectivity index (χ0) is 10.9. The quantitative estimate of drug-likeness (QED) is 0.810. The van der Waals surface area contributed by atoms with Crippen molar-refractivity contribution < 1.29 is 9.50 Å². The van der Waals surface area contributed by atoms with Crippen LogP contribution < -0.4 is 5.32 Å². The van der Waals surface area contributed by atoms with E-state index in [9.17, 15) is 9.50 Å². The molecule has 1 unspecified atom stereocenters. The highest BCUT2D eigenvalue weighted by molar-refractivity contribution is 6.31. The Morgan fingerprint density at radius 2 is 2.33 bits per heavy atom. The third kappa shape index (κ3) is 2.30. The molecule has 0 aliphatic carbocycles. The van der Waals surface area contributed by atoms with Crippen molar-refractivity contribution in [1.82, 2.24) is 5.32 Å². The lowest BCUT2D eigenvalue weighted by molar-refractivity contribution is 0.0618. The van der Waals surface area contributed by atoms with E-state index in [1.807, 2.05) is 0 Å². The number of benzene rings is 1. The van der Waals surface area contributed by atoms with E-state index in [1.54, 1.807) is 12.1 Å². The first-order chi connectivity index (χ1) is 7.11. The summed E-state index contributed by atoms with van der Waals surface area (Å²) in [4.78, 5) is 0. The van der Waals surface area contributed by atoms with E-state index < -0.39 is 11.4 Å². The molecule has 0 aromatic heterocycles. The molecule has 1 atom stereocenters. The predicted octanol–water partition coefficient (Wildman–Crippen LogP) is 1.75. The maximum absolute atomic E-state index is 13.1. The lowest BCUT2D eigenvalue weighted by Gasteiger charge is -2.21. The maximum atomic E-state index is 13.1. The number of hydrogen-bond acceptors (Lipinski definition) is 2. The molecule has 0 bridgehead atoms. The van der Waals surface area contributed by atoms with Gasteiger partial charge in [-0.15, -0.1) is 0 Å². The Balaban J connectivity index is 2.20. The van der Waals surface area contributed by atoms with Crippen molar-refractivity contribution in [3.63, 3.8) is 0 Å². The summed E-state index contributed by atoms with van der Waals surface area (Å²) in [6, 6.07) is 4.69. The first-order valence-corrected chi connectivity index (χ1v) is 5.34. The van der Waals surface area contributed by atoms with Gasteiger partial charge >= 0.3 is 0 Å². The van der Waals surface area contributed by atoms with Crippen molar-refractivity contribution in [2.75, 3.05) is 13.1 Å². The fourth-order valence-corrected chi connectivity index (χ4v) is 2.11. The first kappa shape index (κ1) is 10.9. The summed E-state index contributed by atoms with van der Waals surface area (Å²) in [6.45, 7) is 1.34. The number of β-amino-alcohol motifs (C(OH)–C–C–N with tert-alkyl or cyclic N) is 1. The summed E-state index contributed by atoms with van der Waals surface area (Å²) in [7, 11) is 0. The van der Waals surface area contributed by atoms with Crippen LogP contribution in [0, 0.1) is 5.82 Å². The van der Waals surface area contributed by atoms with E-state index in [2.05, 4.69) is 5.32 Å². The zero-order valence-corrected chi connectivity index (χ0v) is 9.02. The second-order valence-corrected chi connectivity index (χ2v) is 4.42. The monoisotopic (exact) mass is 229 g/mol. The van der Waals surface area contributed by atoms with Crippen molar-refractivity contribution in [2.45, 2.75) is 18.4 Å². The number of halogens is 2. The molecule has 1 aromatic rings. The van der Waals surface area contributed by atoms with Gasteiger partial charge in [0.2, 0.25) is 0 Å². The highest BCUT2D eigenvalue weighted by atomic mass is 35.5. The molecule has 0 saturated carbocycles. The molecule has 4 heteroatoms. The van der Waals surface area contributed by atoms with E-state index >= 15 is 0 Å². The van der Waals surface area contributed by atoms with Gasteiger partial charge in [0.1, 0.15) is 5.82 Å². The van der Waals surface area contributed by atoms with Crippen LogP contribution in [0.4, 0.5) is 4.39 Å². The van der Waals surface area contributed by atoms with E-state index in [0.29, 0.717) is 24.9 Å². The Labute approximate surface area is 93.1 Å².